The van der Waals surface area contributed by atoms with Crippen LogP contribution in [0.4, 0.5) is 0 Å². The van der Waals surface area contributed by atoms with Crippen LogP contribution >= 0.6 is 0 Å². The summed E-state index contributed by atoms with van der Waals surface area (Å²) in [6, 6.07) is 7.76. The summed E-state index contributed by atoms with van der Waals surface area (Å²) < 4.78 is 5.32. The van der Waals surface area contributed by atoms with E-state index in [9.17, 15) is 0 Å². The monoisotopic (exact) mass is 192 g/mol. The molecule has 0 N–H and O–H groups in total. The molecule has 0 spiro atoms. The number of ether oxygens (including phenoxy) is 1. The lowest BCUT2D eigenvalue weighted by atomic mass is 10.1. The van der Waals surface area contributed by atoms with Crippen molar-refractivity contribution in [2.45, 2.75) is 12.7 Å². The molecular weight excluding hydrogens is 180 g/mol. The van der Waals surface area contributed by atoms with Crippen molar-refractivity contribution in [2.75, 3.05) is 6.61 Å². The Morgan fingerprint density at radius 3 is 3.21 bits per heavy atom. The van der Waals surface area contributed by atoms with Gasteiger partial charge in [0.2, 0.25) is 6.29 Å². The summed E-state index contributed by atoms with van der Waals surface area (Å²) >= 11 is 0. The molecule has 74 valence electrons. The van der Waals surface area contributed by atoms with Gasteiger partial charge in [-0.3, -0.25) is 0 Å². The molecule has 0 aliphatic carbocycles. The number of para-hydroxylation sites is 1. The lowest BCUT2D eigenvalue weighted by molar-refractivity contribution is -0.325. The van der Waals surface area contributed by atoms with E-state index in [-0.39, 0.29) is 6.29 Å². The van der Waals surface area contributed by atoms with Crippen molar-refractivity contribution < 1.29 is 14.5 Å². The van der Waals surface area contributed by atoms with Gasteiger partial charge in [-0.05, 0) is 6.07 Å². The van der Waals surface area contributed by atoms with Crippen molar-refractivity contribution in [3.8, 4) is 5.75 Å². The molecule has 1 atom stereocenters. The summed E-state index contributed by atoms with van der Waals surface area (Å²) in [6.45, 7) is 4.04. The SMILES string of the molecule is C=CCOC1Cc2ccccc2OO1. The van der Waals surface area contributed by atoms with Crippen LogP contribution in [0.5, 0.6) is 5.75 Å². The van der Waals surface area contributed by atoms with E-state index in [1.54, 1.807) is 6.08 Å². The zero-order valence-electron chi connectivity index (χ0n) is 7.81. The summed E-state index contributed by atoms with van der Waals surface area (Å²) in [7, 11) is 0. The van der Waals surface area contributed by atoms with E-state index >= 15 is 0 Å². The average Bonchev–Trinajstić information content (AvgIpc) is 2.26. The number of rotatable bonds is 3. The Kier molecular flexibility index (Phi) is 2.81. The van der Waals surface area contributed by atoms with E-state index in [0.717, 1.165) is 11.3 Å². The molecule has 1 aliphatic rings. The van der Waals surface area contributed by atoms with E-state index in [4.69, 9.17) is 14.5 Å². The standard InChI is InChI=1S/C11H12O3/c1-2-7-12-11-8-9-5-3-4-6-10(9)13-14-11/h2-6,11H,1,7-8H2. The van der Waals surface area contributed by atoms with E-state index in [2.05, 4.69) is 6.58 Å². The fourth-order valence-corrected chi connectivity index (χ4v) is 1.33. The largest absolute Gasteiger partial charge is 0.344 e. The van der Waals surface area contributed by atoms with Crippen LogP contribution in [-0.2, 0) is 16.0 Å². The highest BCUT2D eigenvalue weighted by Gasteiger charge is 2.20. The molecule has 1 aromatic carbocycles. The van der Waals surface area contributed by atoms with Gasteiger partial charge in [-0.25, -0.2) is 0 Å². The second-order valence-electron chi connectivity index (χ2n) is 3.04. The van der Waals surface area contributed by atoms with E-state index in [0.29, 0.717) is 13.0 Å². The predicted octanol–water partition coefficient (Wildman–Crippen LogP) is 2.08. The predicted molar refractivity (Wildman–Crippen MR) is 51.8 cm³/mol. The fourth-order valence-electron chi connectivity index (χ4n) is 1.33. The molecule has 0 amide bonds. The minimum Gasteiger partial charge on any atom is -0.344 e. The highest BCUT2D eigenvalue weighted by molar-refractivity contribution is 5.33. The van der Waals surface area contributed by atoms with Gasteiger partial charge in [0, 0.05) is 12.0 Å². The van der Waals surface area contributed by atoms with Crippen molar-refractivity contribution in [3.63, 3.8) is 0 Å². The summed E-state index contributed by atoms with van der Waals surface area (Å²) in [5.41, 5.74) is 1.10. The maximum atomic E-state index is 5.32. The van der Waals surface area contributed by atoms with Crippen molar-refractivity contribution >= 4 is 0 Å². The highest BCUT2D eigenvalue weighted by atomic mass is 17.2. The zero-order chi connectivity index (χ0) is 9.80. The van der Waals surface area contributed by atoms with Crippen LogP contribution in [0.1, 0.15) is 5.56 Å². The first-order valence-corrected chi connectivity index (χ1v) is 4.54. The summed E-state index contributed by atoms with van der Waals surface area (Å²) in [6.07, 6.45) is 2.07. The van der Waals surface area contributed by atoms with E-state index in [1.165, 1.54) is 0 Å². The molecule has 0 aromatic heterocycles. The van der Waals surface area contributed by atoms with Gasteiger partial charge < -0.3 is 9.62 Å². The molecule has 3 nitrogen and oxygen atoms in total. The molecular formula is C11H12O3. The Morgan fingerprint density at radius 1 is 1.50 bits per heavy atom. The van der Waals surface area contributed by atoms with E-state index in [1.807, 2.05) is 24.3 Å². The van der Waals surface area contributed by atoms with Crippen LogP contribution in [0.15, 0.2) is 36.9 Å². The minimum absolute atomic E-state index is 0.331. The lowest BCUT2D eigenvalue weighted by Gasteiger charge is -2.23. The van der Waals surface area contributed by atoms with Crippen molar-refractivity contribution in [3.05, 3.63) is 42.5 Å². The molecule has 1 unspecified atom stereocenters. The fraction of sp³-hybridized carbons (Fsp3) is 0.273. The van der Waals surface area contributed by atoms with Crippen LogP contribution in [0.25, 0.3) is 0 Å². The van der Waals surface area contributed by atoms with Crippen molar-refractivity contribution in [2.24, 2.45) is 0 Å². The summed E-state index contributed by atoms with van der Waals surface area (Å²) in [4.78, 5) is 10.1. The van der Waals surface area contributed by atoms with Crippen LogP contribution in [0, 0.1) is 0 Å². The number of hydrogen-bond donors (Lipinski definition) is 0. The van der Waals surface area contributed by atoms with Crippen LogP contribution < -0.4 is 4.89 Å². The lowest BCUT2D eigenvalue weighted by Crippen LogP contribution is -2.26. The van der Waals surface area contributed by atoms with Gasteiger partial charge in [-0.2, -0.15) is 4.89 Å². The Labute approximate surface area is 82.8 Å². The van der Waals surface area contributed by atoms with Gasteiger partial charge in [0.1, 0.15) is 0 Å². The number of hydrogen-bond acceptors (Lipinski definition) is 3. The molecule has 1 aliphatic heterocycles. The second kappa shape index (κ2) is 4.26. The third-order valence-corrected chi connectivity index (χ3v) is 2.00. The second-order valence-corrected chi connectivity index (χ2v) is 3.04. The van der Waals surface area contributed by atoms with Crippen LogP contribution in [-0.4, -0.2) is 12.9 Å². The Bertz CT molecular complexity index is 322. The molecule has 1 heterocycles. The van der Waals surface area contributed by atoms with Gasteiger partial charge in [0.05, 0.1) is 6.61 Å². The van der Waals surface area contributed by atoms with Gasteiger partial charge in [0.15, 0.2) is 5.75 Å². The molecule has 0 saturated heterocycles. The molecule has 0 radical (unpaired) electrons. The molecule has 0 bridgehead atoms. The Hall–Kier alpha value is -1.32. The maximum absolute atomic E-state index is 5.32. The van der Waals surface area contributed by atoms with Crippen molar-refractivity contribution in [1.29, 1.82) is 0 Å². The topological polar surface area (TPSA) is 27.7 Å². The maximum Gasteiger partial charge on any atom is 0.207 e. The third-order valence-electron chi connectivity index (χ3n) is 2.00. The first-order chi connectivity index (χ1) is 6.90. The smallest absolute Gasteiger partial charge is 0.207 e. The van der Waals surface area contributed by atoms with Gasteiger partial charge in [0.25, 0.3) is 0 Å². The van der Waals surface area contributed by atoms with Gasteiger partial charge in [-0.1, -0.05) is 24.3 Å². The first kappa shape index (κ1) is 9.24. The summed E-state index contributed by atoms with van der Waals surface area (Å²) in [5, 5.41) is 0. The highest BCUT2D eigenvalue weighted by Crippen LogP contribution is 2.25. The number of benzene rings is 1. The first-order valence-electron chi connectivity index (χ1n) is 4.54. The Balaban J connectivity index is 2.02. The van der Waals surface area contributed by atoms with Gasteiger partial charge in [-0.15, -0.1) is 6.58 Å². The molecule has 0 saturated carbocycles. The normalized spacial score (nSPS) is 19.6. The molecule has 3 heteroatoms. The number of fused-ring (bicyclic) bond motifs is 1. The van der Waals surface area contributed by atoms with E-state index < -0.39 is 0 Å². The zero-order valence-corrected chi connectivity index (χ0v) is 7.81. The van der Waals surface area contributed by atoms with Gasteiger partial charge >= 0.3 is 0 Å². The molecule has 2 rings (SSSR count). The molecule has 0 fully saturated rings. The quantitative estimate of drug-likeness (QED) is 0.542. The third kappa shape index (κ3) is 1.95. The Morgan fingerprint density at radius 2 is 2.36 bits per heavy atom. The summed E-state index contributed by atoms with van der Waals surface area (Å²) in [5.74, 6) is 0.769. The molecule has 14 heavy (non-hydrogen) atoms. The van der Waals surface area contributed by atoms with Crippen molar-refractivity contribution in [1.82, 2.24) is 0 Å². The minimum atomic E-state index is -0.331. The average molecular weight is 192 g/mol. The van der Waals surface area contributed by atoms with Crippen LogP contribution in [0.2, 0.25) is 0 Å². The van der Waals surface area contributed by atoms with Crippen LogP contribution in [0.3, 0.4) is 0 Å². The molecule has 1 aromatic rings.